The number of ether oxygens (including phenoxy) is 1. The Bertz CT molecular complexity index is 1060. The van der Waals surface area contributed by atoms with E-state index in [9.17, 15) is 0 Å². The van der Waals surface area contributed by atoms with Crippen LogP contribution < -0.4 is 26.0 Å². The summed E-state index contributed by atoms with van der Waals surface area (Å²) in [5, 5.41) is 0. The van der Waals surface area contributed by atoms with Crippen LogP contribution in [0.4, 0.5) is 11.4 Å². The van der Waals surface area contributed by atoms with Crippen LogP contribution in [-0.4, -0.2) is 88.5 Å². The standard InChI is InChI=1S/C30H49N7O/c1-30(2,20-33(3)4)21-36-26-12-9-8-11-23(26)28(31)37(29(36)32)22-15-17-35(18-16-22)19-24-25(34(5)6)13-10-14-27(24)38-7/h8-14,22,28-29H,15-21,31-32H2,1-7H3. The molecule has 0 spiro atoms. The summed E-state index contributed by atoms with van der Waals surface area (Å²) in [5.74, 6) is 0.950. The van der Waals surface area contributed by atoms with Crippen molar-refractivity contribution in [3.05, 3.63) is 53.6 Å². The zero-order valence-corrected chi connectivity index (χ0v) is 24.5. The number of benzene rings is 2. The Morgan fingerprint density at radius 1 is 0.974 bits per heavy atom. The highest BCUT2D eigenvalue weighted by Crippen LogP contribution is 2.39. The summed E-state index contributed by atoms with van der Waals surface area (Å²) in [5.41, 5.74) is 18.9. The molecule has 38 heavy (non-hydrogen) atoms. The first kappa shape index (κ1) is 28.6. The number of likely N-dealkylation sites (tertiary alicyclic amines) is 1. The molecule has 2 aromatic carbocycles. The number of nitrogens with two attached hydrogens (primary N) is 2. The number of piperidine rings is 1. The predicted molar refractivity (Wildman–Crippen MR) is 158 cm³/mol. The van der Waals surface area contributed by atoms with Crippen molar-refractivity contribution in [2.75, 3.05) is 71.3 Å². The van der Waals surface area contributed by atoms with Gasteiger partial charge in [-0.3, -0.25) is 10.6 Å². The number of anilines is 2. The normalized spacial score (nSPS) is 21.6. The molecule has 2 aliphatic heterocycles. The van der Waals surface area contributed by atoms with Gasteiger partial charge in [0, 0.05) is 62.3 Å². The second kappa shape index (κ2) is 11.8. The lowest BCUT2D eigenvalue weighted by Gasteiger charge is -2.53. The van der Waals surface area contributed by atoms with Crippen molar-refractivity contribution in [2.45, 2.75) is 51.7 Å². The Kier molecular flexibility index (Phi) is 8.89. The van der Waals surface area contributed by atoms with Crippen molar-refractivity contribution in [3.8, 4) is 5.75 Å². The summed E-state index contributed by atoms with van der Waals surface area (Å²) in [6, 6.07) is 15.2. The number of fused-ring (bicyclic) bond motifs is 1. The van der Waals surface area contributed by atoms with E-state index >= 15 is 0 Å². The zero-order chi connectivity index (χ0) is 27.6. The van der Waals surface area contributed by atoms with Gasteiger partial charge in [-0.1, -0.05) is 38.1 Å². The fourth-order valence-corrected chi connectivity index (χ4v) is 6.54. The first-order valence-corrected chi connectivity index (χ1v) is 13.9. The van der Waals surface area contributed by atoms with Crippen LogP contribution in [0, 0.1) is 5.41 Å². The largest absolute Gasteiger partial charge is 0.496 e. The van der Waals surface area contributed by atoms with Crippen LogP contribution in [0.5, 0.6) is 5.75 Å². The first-order valence-electron chi connectivity index (χ1n) is 13.9. The summed E-state index contributed by atoms with van der Waals surface area (Å²) in [7, 11) is 10.2. The maximum Gasteiger partial charge on any atom is 0.136 e. The number of rotatable bonds is 9. The molecule has 2 aromatic rings. The number of hydrogen-bond acceptors (Lipinski definition) is 8. The summed E-state index contributed by atoms with van der Waals surface area (Å²) in [4.78, 5) is 11.7. The van der Waals surface area contributed by atoms with Crippen molar-refractivity contribution in [1.29, 1.82) is 0 Å². The van der Waals surface area contributed by atoms with Crippen LogP contribution in [0.15, 0.2) is 42.5 Å². The van der Waals surface area contributed by atoms with Crippen molar-refractivity contribution >= 4 is 11.4 Å². The second-order valence-corrected chi connectivity index (χ2v) is 12.3. The van der Waals surface area contributed by atoms with Gasteiger partial charge >= 0.3 is 0 Å². The van der Waals surface area contributed by atoms with E-state index in [1.54, 1.807) is 7.11 Å². The third-order valence-electron chi connectivity index (χ3n) is 8.02. The molecule has 2 heterocycles. The average molecular weight is 524 g/mol. The molecular formula is C30H49N7O. The summed E-state index contributed by atoms with van der Waals surface area (Å²) >= 11 is 0. The SMILES string of the molecule is COc1cccc(N(C)C)c1CN1CCC(N2C(N)c3ccccc3N(CC(C)(C)CN(C)C)C2N)CC1. The van der Waals surface area contributed by atoms with Crippen LogP contribution in [0.1, 0.15) is 44.0 Å². The minimum atomic E-state index is -0.257. The van der Waals surface area contributed by atoms with Gasteiger partial charge in [-0.2, -0.15) is 0 Å². The van der Waals surface area contributed by atoms with E-state index in [0.29, 0.717) is 6.04 Å². The summed E-state index contributed by atoms with van der Waals surface area (Å²) < 4.78 is 5.73. The van der Waals surface area contributed by atoms with E-state index in [2.05, 4.69) is 109 Å². The zero-order valence-electron chi connectivity index (χ0n) is 24.5. The topological polar surface area (TPSA) is 77.5 Å². The molecule has 0 radical (unpaired) electrons. The van der Waals surface area contributed by atoms with Crippen molar-refractivity contribution in [2.24, 2.45) is 16.9 Å². The molecule has 1 saturated heterocycles. The van der Waals surface area contributed by atoms with Crippen LogP contribution in [0.3, 0.4) is 0 Å². The number of hydrogen-bond donors (Lipinski definition) is 2. The number of nitrogens with zero attached hydrogens (tertiary/aromatic N) is 5. The Morgan fingerprint density at radius 3 is 2.29 bits per heavy atom. The molecule has 2 unspecified atom stereocenters. The maximum atomic E-state index is 7.07. The van der Waals surface area contributed by atoms with Crippen LogP contribution in [0.25, 0.3) is 0 Å². The molecule has 1 fully saturated rings. The smallest absolute Gasteiger partial charge is 0.136 e. The molecule has 8 heteroatoms. The summed E-state index contributed by atoms with van der Waals surface area (Å²) in [6.45, 7) is 9.36. The van der Waals surface area contributed by atoms with Crippen molar-refractivity contribution in [1.82, 2.24) is 14.7 Å². The summed E-state index contributed by atoms with van der Waals surface area (Å²) in [6.07, 6.45) is 1.60. The van der Waals surface area contributed by atoms with Gasteiger partial charge < -0.3 is 25.2 Å². The van der Waals surface area contributed by atoms with E-state index < -0.39 is 0 Å². The minimum absolute atomic E-state index is 0.0730. The van der Waals surface area contributed by atoms with Gasteiger partial charge in [0.2, 0.25) is 0 Å². The molecule has 0 saturated carbocycles. The Morgan fingerprint density at radius 2 is 1.66 bits per heavy atom. The van der Waals surface area contributed by atoms with Crippen LogP contribution in [0.2, 0.25) is 0 Å². The van der Waals surface area contributed by atoms with E-state index in [1.165, 1.54) is 22.5 Å². The minimum Gasteiger partial charge on any atom is -0.496 e. The van der Waals surface area contributed by atoms with Gasteiger partial charge in [-0.25, -0.2) is 4.90 Å². The average Bonchev–Trinajstić information content (AvgIpc) is 2.87. The van der Waals surface area contributed by atoms with Gasteiger partial charge in [0.15, 0.2) is 0 Å². The van der Waals surface area contributed by atoms with Gasteiger partial charge in [0.1, 0.15) is 12.0 Å². The maximum absolute atomic E-state index is 7.07. The third-order valence-corrected chi connectivity index (χ3v) is 8.02. The lowest BCUT2D eigenvalue weighted by Crippen LogP contribution is -2.66. The fraction of sp³-hybridized carbons (Fsp3) is 0.600. The molecule has 0 aliphatic carbocycles. The van der Waals surface area contributed by atoms with E-state index in [-0.39, 0.29) is 17.9 Å². The van der Waals surface area contributed by atoms with Crippen LogP contribution >= 0.6 is 0 Å². The molecule has 210 valence electrons. The van der Waals surface area contributed by atoms with Gasteiger partial charge in [0.05, 0.1) is 13.3 Å². The van der Waals surface area contributed by atoms with Gasteiger partial charge in [-0.15, -0.1) is 0 Å². The monoisotopic (exact) mass is 523 g/mol. The Hall–Kier alpha value is -2.36. The number of methoxy groups -OCH3 is 1. The lowest BCUT2D eigenvalue weighted by atomic mass is 9.90. The quantitative estimate of drug-likeness (QED) is 0.518. The Balaban J connectivity index is 1.51. The second-order valence-electron chi connectivity index (χ2n) is 12.3. The van der Waals surface area contributed by atoms with Crippen LogP contribution in [-0.2, 0) is 6.54 Å². The molecule has 2 aliphatic rings. The molecule has 0 bridgehead atoms. The van der Waals surface area contributed by atoms with Crippen molar-refractivity contribution < 1.29 is 4.74 Å². The van der Waals surface area contributed by atoms with Crippen molar-refractivity contribution in [3.63, 3.8) is 0 Å². The molecule has 4 N–H and O–H groups in total. The first-order chi connectivity index (χ1) is 18.0. The van der Waals surface area contributed by atoms with Gasteiger partial charge in [0.25, 0.3) is 0 Å². The highest BCUT2D eigenvalue weighted by atomic mass is 16.5. The number of para-hydroxylation sites is 1. The molecule has 4 rings (SSSR count). The fourth-order valence-electron chi connectivity index (χ4n) is 6.54. The molecule has 8 nitrogen and oxygen atoms in total. The highest BCUT2D eigenvalue weighted by molar-refractivity contribution is 5.59. The van der Waals surface area contributed by atoms with E-state index in [0.717, 1.165) is 51.3 Å². The highest BCUT2D eigenvalue weighted by Gasteiger charge is 2.41. The molecular weight excluding hydrogens is 474 g/mol. The third kappa shape index (κ3) is 6.10. The molecule has 0 aromatic heterocycles. The van der Waals surface area contributed by atoms with Gasteiger partial charge in [-0.05, 0) is 63.6 Å². The molecule has 0 amide bonds. The van der Waals surface area contributed by atoms with E-state index in [4.69, 9.17) is 16.2 Å². The Labute approximate surface area is 230 Å². The van der Waals surface area contributed by atoms with E-state index in [1.807, 2.05) is 0 Å². The lowest BCUT2D eigenvalue weighted by molar-refractivity contribution is 0.0250. The molecule has 2 atom stereocenters. The predicted octanol–water partition coefficient (Wildman–Crippen LogP) is 3.34.